The Morgan fingerprint density at radius 2 is 2.20 bits per heavy atom. The smallest absolute Gasteiger partial charge is 0.136 e. The van der Waals surface area contributed by atoms with Gasteiger partial charge >= 0.3 is 0 Å². The number of hydrogen-bond acceptors (Lipinski definition) is 1. The normalized spacial score (nSPS) is 9.30. The van der Waals surface area contributed by atoms with Gasteiger partial charge in [-0.05, 0) is 12.8 Å². The second kappa shape index (κ2) is 6.81. The number of hydrogen-bond donors (Lipinski definition) is 0. The fourth-order valence-electron chi connectivity index (χ4n) is 0.680. The van der Waals surface area contributed by atoms with Gasteiger partial charge in [-0.1, -0.05) is 6.08 Å². The van der Waals surface area contributed by atoms with Crippen molar-refractivity contribution in [3.05, 3.63) is 12.7 Å². The SMILES string of the molecule is C=CCC(=O)CCCCCl. The van der Waals surface area contributed by atoms with Gasteiger partial charge in [-0.3, -0.25) is 4.79 Å². The summed E-state index contributed by atoms with van der Waals surface area (Å²) in [6.45, 7) is 3.48. The zero-order valence-electron chi connectivity index (χ0n) is 6.11. The molecule has 0 bridgehead atoms. The molecule has 0 atom stereocenters. The zero-order valence-corrected chi connectivity index (χ0v) is 6.86. The van der Waals surface area contributed by atoms with Crippen LogP contribution in [0.5, 0.6) is 0 Å². The molecule has 0 amide bonds. The Bertz CT molecular complexity index is 110. The van der Waals surface area contributed by atoms with Crippen LogP contribution in [0.4, 0.5) is 0 Å². The van der Waals surface area contributed by atoms with Gasteiger partial charge in [0.2, 0.25) is 0 Å². The van der Waals surface area contributed by atoms with Crippen molar-refractivity contribution in [2.24, 2.45) is 0 Å². The fourth-order valence-corrected chi connectivity index (χ4v) is 0.869. The molecule has 0 rings (SSSR count). The molecule has 0 aromatic carbocycles. The Morgan fingerprint density at radius 1 is 1.50 bits per heavy atom. The van der Waals surface area contributed by atoms with Gasteiger partial charge in [-0.2, -0.15) is 0 Å². The zero-order chi connectivity index (χ0) is 7.82. The Hall–Kier alpha value is -0.300. The maximum atomic E-state index is 10.8. The number of unbranched alkanes of at least 4 members (excludes halogenated alkanes) is 1. The first-order chi connectivity index (χ1) is 4.81. The molecular formula is C8H13ClO. The molecule has 0 heterocycles. The Kier molecular flexibility index (Phi) is 6.61. The van der Waals surface area contributed by atoms with Gasteiger partial charge in [0.05, 0.1) is 0 Å². The van der Waals surface area contributed by atoms with Crippen molar-refractivity contribution in [2.75, 3.05) is 5.88 Å². The van der Waals surface area contributed by atoms with Gasteiger partial charge in [0.1, 0.15) is 5.78 Å². The predicted octanol–water partition coefficient (Wildman–Crippen LogP) is 2.54. The molecule has 0 aliphatic heterocycles. The number of Topliss-reactive ketones (excluding diaryl/α,β-unsaturated/α-hetero) is 1. The summed E-state index contributed by atoms with van der Waals surface area (Å²) in [4.78, 5) is 10.8. The first-order valence-corrected chi connectivity index (χ1v) is 4.03. The lowest BCUT2D eigenvalue weighted by atomic mass is 10.1. The molecule has 0 unspecified atom stereocenters. The highest BCUT2D eigenvalue weighted by Crippen LogP contribution is 2.00. The van der Waals surface area contributed by atoms with E-state index in [9.17, 15) is 4.79 Å². The quantitative estimate of drug-likeness (QED) is 0.332. The van der Waals surface area contributed by atoms with E-state index in [4.69, 9.17) is 11.6 Å². The van der Waals surface area contributed by atoms with Crippen LogP contribution in [0.25, 0.3) is 0 Å². The second-order valence-corrected chi connectivity index (χ2v) is 2.56. The number of halogens is 1. The molecule has 0 N–H and O–H groups in total. The van der Waals surface area contributed by atoms with Gasteiger partial charge in [-0.25, -0.2) is 0 Å². The predicted molar refractivity (Wildman–Crippen MR) is 44.4 cm³/mol. The summed E-state index contributed by atoms with van der Waals surface area (Å²) < 4.78 is 0. The summed E-state index contributed by atoms with van der Waals surface area (Å²) in [6, 6.07) is 0. The molecule has 10 heavy (non-hydrogen) atoms. The van der Waals surface area contributed by atoms with Crippen LogP contribution in [0, 0.1) is 0 Å². The largest absolute Gasteiger partial charge is 0.299 e. The lowest BCUT2D eigenvalue weighted by Crippen LogP contribution is -1.94. The molecule has 1 nitrogen and oxygen atoms in total. The molecule has 0 fully saturated rings. The summed E-state index contributed by atoms with van der Waals surface area (Å²) in [5.74, 6) is 0.918. The number of alkyl halides is 1. The summed E-state index contributed by atoms with van der Waals surface area (Å²) in [5, 5.41) is 0. The minimum Gasteiger partial charge on any atom is -0.299 e. The van der Waals surface area contributed by atoms with Gasteiger partial charge in [-0.15, -0.1) is 18.2 Å². The highest BCUT2D eigenvalue weighted by Gasteiger charge is 1.96. The summed E-state index contributed by atoms with van der Waals surface area (Å²) >= 11 is 5.43. The second-order valence-electron chi connectivity index (χ2n) is 2.18. The number of rotatable bonds is 6. The van der Waals surface area contributed by atoms with E-state index in [1.807, 2.05) is 0 Å². The summed E-state index contributed by atoms with van der Waals surface area (Å²) in [5.41, 5.74) is 0. The maximum absolute atomic E-state index is 10.8. The summed E-state index contributed by atoms with van der Waals surface area (Å²) in [7, 11) is 0. The van der Waals surface area contributed by atoms with Crippen LogP contribution in [-0.4, -0.2) is 11.7 Å². The van der Waals surface area contributed by atoms with E-state index in [1.54, 1.807) is 6.08 Å². The summed E-state index contributed by atoms with van der Waals surface area (Å²) in [6.07, 6.45) is 4.64. The minimum absolute atomic E-state index is 0.264. The van der Waals surface area contributed by atoms with Crippen molar-refractivity contribution < 1.29 is 4.79 Å². The van der Waals surface area contributed by atoms with Crippen LogP contribution in [0.3, 0.4) is 0 Å². The first-order valence-electron chi connectivity index (χ1n) is 3.49. The van der Waals surface area contributed by atoms with Crippen molar-refractivity contribution in [3.63, 3.8) is 0 Å². The molecule has 2 heteroatoms. The van der Waals surface area contributed by atoms with Gasteiger partial charge in [0.15, 0.2) is 0 Å². The third kappa shape index (κ3) is 5.83. The molecule has 0 aromatic heterocycles. The monoisotopic (exact) mass is 160 g/mol. The van der Waals surface area contributed by atoms with E-state index < -0.39 is 0 Å². The van der Waals surface area contributed by atoms with E-state index in [1.165, 1.54) is 0 Å². The van der Waals surface area contributed by atoms with Crippen LogP contribution in [0.15, 0.2) is 12.7 Å². The molecule has 0 radical (unpaired) electrons. The first kappa shape index (κ1) is 9.70. The van der Waals surface area contributed by atoms with Crippen LogP contribution in [-0.2, 0) is 4.79 Å². The molecule has 0 saturated carbocycles. The van der Waals surface area contributed by atoms with Crippen molar-refractivity contribution in [3.8, 4) is 0 Å². The van der Waals surface area contributed by atoms with E-state index in [-0.39, 0.29) is 5.78 Å². The van der Waals surface area contributed by atoms with Crippen molar-refractivity contribution >= 4 is 17.4 Å². The van der Waals surface area contributed by atoms with Gasteiger partial charge in [0.25, 0.3) is 0 Å². The van der Waals surface area contributed by atoms with E-state index in [2.05, 4.69) is 6.58 Å². The lowest BCUT2D eigenvalue weighted by Gasteiger charge is -1.93. The minimum atomic E-state index is 0.264. The molecular weight excluding hydrogens is 148 g/mol. The van der Waals surface area contributed by atoms with Crippen LogP contribution in [0.2, 0.25) is 0 Å². The molecule has 0 aliphatic rings. The molecule has 0 saturated heterocycles. The number of carbonyl (C=O) groups is 1. The third-order valence-electron chi connectivity index (χ3n) is 1.21. The topological polar surface area (TPSA) is 17.1 Å². The molecule has 0 aromatic rings. The molecule has 58 valence electrons. The average molecular weight is 161 g/mol. The average Bonchev–Trinajstić information content (AvgIpc) is 1.89. The van der Waals surface area contributed by atoms with Crippen LogP contribution < -0.4 is 0 Å². The van der Waals surface area contributed by atoms with E-state index in [0.29, 0.717) is 18.7 Å². The third-order valence-corrected chi connectivity index (χ3v) is 1.48. The van der Waals surface area contributed by atoms with Gasteiger partial charge in [0, 0.05) is 18.7 Å². The highest BCUT2D eigenvalue weighted by atomic mass is 35.5. The molecule has 0 spiro atoms. The number of ketones is 1. The van der Waals surface area contributed by atoms with Crippen molar-refractivity contribution in [1.29, 1.82) is 0 Å². The van der Waals surface area contributed by atoms with Gasteiger partial charge < -0.3 is 0 Å². The van der Waals surface area contributed by atoms with E-state index in [0.717, 1.165) is 12.8 Å². The van der Waals surface area contributed by atoms with E-state index >= 15 is 0 Å². The molecule has 0 aliphatic carbocycles. The standard InChI is InChI=1S/C8H13ClO/c1-2-5-8(10)6-3-4-7-9/h2H,1,3-7H2. The van der Waals surface area contributed by atoms with Crippen molar-refractivity contribution in [1.82, 2.24) is 0 Å². The maximum Gasteiger partial charge on any atom is 0.136 e. The van der Waals surface area contributed by atoms with Crippen LogP contribution in [0.1, 0.15) is 25.7 Å². The fraction of sp³-hybridized carbons (Fsp3) is 0.625. The Morgan fingerprint density at radius 3 is 2.70 bits per heavy atom. The Labute approximate surface area is 67.1 Å². The highest BCUT2D eigenvalue weighted by molar-refractivity contribution is 6.17. The Balaban J connectivity index is 3.13. The van der Waals surface area contributed by atoms with Crippen molar-refractivity contribution in [2.45, 2.75) is 25.7 Å². The number of allylic oxidation sites excluding steroid dienone is 1. The lowest BCUT2D eigenvalue weighted by molar-refractivity contribution is -0.118. The van der Waals surface area contributed by atoms with Crippen LogP contribution >= 0.6 is 11.6 Å². The number of carbonyl (C=O) groups excluding carboxylic acids is 1.